The molecule has 5 heteroatoms. The monoisotopic (exact) mass is 249 g/mol. The van der Waals surface area contributed by atoms with E-state index in [1.807, 2.05) is 6.20 Å². The fraction of sp³-hybridized carbons (Fsp3) is 0.769. The molecule has 2 aliphatic rings. The van der Waals surface area contributed by atoms with Crippen molar-refractivity contribution in [3.05, 3.63) is 12.3 Å². The van der Waals surface area contributed by atoms with Crippen LogP contribution >= 0.6 is 0 Å². The summed E-state index contributed by atoms with van der Waals surface area (Å²) in [5.74, 6) is 1.89. The molecule has 0 spiro atoms. The van der Waals surface area contributed by atoms with Crippen LogP contribution < -0.4 is 16.0 Å². The van der Waals surface area contributed by atoms with Crippen molar-refractivity contribution in [3.8, 4) is 0 Å². The van der Waals surface area contributed by atoms with Crippen LogP contribution in [0.25, 0.3) is 0 Å². The summed E-state index contributed by atoms with van der Waals surface area (Å²) in [6, 6.07) is 3.23. The lowest BCUT2D eigenvalue weighted by molar-refractivity contribution is 0.304. The van der Waals surface area contributed by atoms with Crippen molar-refractivity contribution in [2.75, 3.05) is 31.5 Å². The minimum absolute atomic E-state index is 0.532. The molecule has 18 heavy (non-hydrogen) atoms. The van der Waals surface area contributed by atoms with Crippen LogP contribution in [0.4, 0.5) is 5.82 Å². The second-order valence-corrected chi connectivity index (χ2v) is 5.50. The zero-order valence-corrected chi connectivity index (χ0v) is 11.0. The van der Waals surface area contributed by atoms with E-state index < -0.39 is 0 Å². The highest BCUT2D eigenvalue weighted by Gasteiger charge is 2.23. The molecule has 2 fully saturated rings. The summed E-state index contributed by atoms with van der Waals surface area (Å²) >= 11 is 0. The van der Waals surface area contributed by atoms with E-state index >= 15 is 0 Å². The van der Waals surface area contributed by atoms with Crippen molar-refractivity contribution >= 4 is 5.82 Å². The van der Waals surface area contributed by atoms with Gasteiger partial charge in [0, 0.05) is 31.7 Å². The fourth-order valence-electron chi connectivity index (χ4n) is 2.82. The summed E-state index contributed by atoms with van der Waals surface area (Å²) in [6.07, 6.45) is 4.51. The van der Waals surface area contributed by atoms with E-state index in [0.717, 1.165) is 25.6 Å². The third-order valence-corrected chi connectivity index (χ3v) is 4.25. The van der Waals surface area contributed by atoms with Gasteiger partial charge in [-0.1, -0.05) is 0 Å². The molecular formula is C13H23N5. The Kier molecular flexibility index (Phi) is 3.52. The highest BCUT2D eigenvalue weighted by atomic mass is 15.4. The summed E-state index contributed by atoms with van der Waals surface area (Å²) in [5.41, 5.74) is 0. The largest absolute Gasteiger partial charge is 0.370 e. The molecule has 3 heterocycles. The van der Waals surface area contributed by atoms with Crippen LogP contribution in [0.15, 0.2) is 12.3 Å². The lowest BCUT2D eigenvalue weighted by Crippen LogP contribution is -2.44. The Hall–Kier alpha value is -1.07. The average Bonchev–Trinajstić information content (AvgIpc) is 2.74. The maximum Gasteiger partial charge on any atom is 0.124 e. The molecule has 0 aromatic carbocycles. The first-order valence-corrected chi connectivity index (χ1v) is 7.06. The van der Waals surface area contributed by atoms with Gasteiger partial charge in [0.1, 0.15) is 5.82 Å². The molecule has 5 nitrogen and oxygen atoms in total. The van der Waals surface area contributed by atoms with Gasteiger partial charge in [0.15, 0.2) is 0 Å². The minimum Gasteiger partial charge on any atom is -0.370 e. The van der Waals surface area contributed by atoms with E-state index in [2.05, 4.69) is 38.7 Å². The molecule has 0 amide bonds. The van der Waals surface area contributed by atoms with Gasteiger partial charge >= 0.3 is 0 Å². The maximum absolute atomic E-state index is 4.42. The molecular weight excluding hydrogens is 226 g/mol. The smallest absolute Gasteiger partial charge is 0.124 e. The number of hydrogen-bond donors (Lipinski definition) is 3. The van der Waals surface area contributed by atoms with Gasteiger partial charge in [-0.05, 0) is 32.2 Å². The molecule has 0 bridgehead atoms. The third kappa shape index (κ3) is 2.37. The summed E-state index contributed by atoms with van der Waals surface area (Å²) in [5, 5.41) is 14.8. The van der Waals surface area contributed by atoms with Gasteiger partial charge in [-0.25, -0.2) is 4.68 Å². The molecule has 1 aromatic heterocycles. The van der Waals surface area contributed by atoms with Crippen LogP contribution in [0, 0.1) is 5.92 Å². The van der Waals surface area contributed by atoms with Gasteiger partial charge in [0.05, 0.1) is 12.2 Å². The first-order chi connectivity index (χ1) is 8.84. The highest BCUT2D eigenvalue weighted by molar-refractivity contribution is 5.35. The van der Waals surface area contributed by atoms with E-state index in [1.165, 1.54) is 25.2 Å². The van der Waals surface area contributed by atoms with Crippen molar-refractivity contribution in [1.82, 2.24) is 20.4 Å². The number of piperidine rings is 1. The Balaban J connectivity index is 1.57. The lowest BCUT2D eigenvalue weighted by Gasteiger charge is -2.32. The lowest BCUT2D eigenvalue weighted by atomic mass is 9.92. The zero-order valence-electron chi connectivity index (χ0n) is 11.0. The van der Waals surface area contributed by atoms with Gasteiger partial charge in [0.25, 0.3) is 0 Å². The fourth-order valence-corrected chi connectivity index (χ4v) is 2.82. The van der Waals surface area contributed by atoms with Crippen molar-refractivity contribution in [2.24, 2.45) is 5.92 Å². The van der Waals surface area contributed by atoms with Crippen LogP contribution in [0.1, 0.15) is 25.8 Å². The highest BCUT2D eigenvalue weighted by Crippen LogP contribution is 2.20. The Labute approximate surface area is 108 Å². The van der Waals surface area contributed by atoms with Crippen molar-refractivity contribution in [3.63, 3.8) is 0 Å². The van der Waals surface area contributed by atoms with Gasteiger partial charge in [-0.3, -0.25) is 0 Å². The van der Waals surface area contributed by atoms with E-state index in [-0.39, 0.29) is 0 Å². The van der Waals surface area contributed by atoms with Crippen molar-refractivity contribution in [2.45, 2.75) is 31.8 Å². The van der Waals surface area contributed by atoms with E-state index in [4.69, 9.17) is 0 Å². The number of rotatable bonds is 4. The van der Waals surface area contributed by atoms with E-state index in [0.29, 0.717) is 12.1 Å². The van der Waals surface area contributed by atoms with Crippen molar-refractivity contribution in [1.29, 1.82) is 0 Å². The maximum atomic E-state index is 4.42. The molecule has 2 saturated heterocycles. The third-order valence-electron chi connectivity index (χ3n) is 4.25. The number of nitrogens with one attached hydrogen (secondary N) is 3. The van der Waals surface area contributed by atoms with E-state index in [1.54, 1.807) is 0 Å². The molecule has 2 unspecified atom stereocenters. The Morgan fingerprint density at radius 1 is 1.50 bits per heavy atom. The summed E-state index contributed by atoms with van der Waals surface area (Å²) in [4.78, 5) is 0. The molecule has 3 N–H and O–H groups in total. The molecule has 0 radical (unpaired) electrons. The predicted molar refractivity (Wildman–Crippen MR) is 72.8 cm³/mol. The summed E-state index contributed by atoms with van der Waals surface area (Å²) < 4.78 is 2.12. The predicted octanol–water partition coefficient (Wildman–Crippen LogP) is 0.827. The first-order valence-electron chi connectivity index (χ1n) is 7.06. The van der Waals surface area contributed by atoms with Crippen LogP contribution in [-0.4, -0.2) is 42.0 Å². The summed E-state index contributed by atoms with van der Waals surface area (Å²) in [6.45, 7) is 6.58. The number of anilines is 1. The number of hydrogen-bond acceptors (Lipinski definition) is 4. The molecule has 100 valence electrons. The van der Waals surface area contributed by atoms with Crippen LogP contribution in [0.5, 0.6) is 0 Å². The second kappa shape index (κ2) is 5.28. The zero-order chi connectivity index (χ0) is 12.4. The Bertz CT molecular complexity index is 384. The van der Waals surface area contributed by atoms with Gasteiger partial charge in [0.2, 0.25) is 0 Å². The topological polar surface area (TPSA) is 53.9 Å². The van der Waals surface area contributed by atoms with Crippen LogP contribution in [0.2, 0.25) is 0 Å². The van der Waals surface area contributed by atoms with E-state index in [9.17, 15) is 0 Å². The number of nitrogens with zero attached hydrogens (tertiary/aromatic N) is 2. The van der Waals surface area contributed by atoms with Crippen LogP contribution in [-0.2, 0) is 0 Å². The normalized spacial score (nSPS) is 28.9. The van der Waals surface area contributed by atoms with Gasteiger partial charge < -0.3 is 16.0 Å². The van der Waals surface area contributed by atoms with Gasteiger partial charge in [-0.2, -0.15) is 5.10 Å². The van der Waals surface area contributed by atoms with Gasteiger partial charge in [-0.15, -0.1) is 0 Å². The number of aromatic nitrogens is 2. The molecule has 1 aromatic rings. The molecule has 2 aliphatic heterocycles. The molecule has 3 rings (SSSR count). The van der Waals surface area contributed by atoms with Crippen LogP contribution in [0.3, 0.4) is 0 Å². The second-order valence-electron chi connectivity index (χ2n) is 5.50. The Morgan fingerprint density at radius 2 is 2.39 bits per heavy atom. The quantitative estimate of drug-likeness (QED) is 0.740. The summed E-state index contributed by atoms with van der Waals surface area (Å²) in [7, 11) is 0. The molecule has 0 aliphatic carbocycles. The molecule has 2 atom stereocenters. The Morgan fingerprint density at radius 3 is 3.11 bits per heavy atom. The van der Waals surface area contributed by atoms with Crippen molar-refractivity contribution < 1.29 is 0 Å². The standard InChI is InChI=1S/C13H23N5/c1-10-11(3-2-5-15-10)7-16-13-4-6-17-18(13)12-8-14-9-12/h4,6,10-12,14-16H,2-3,5,7-9H2,1H3. The first kappa shape index (κ1) is 12.0. The molecule has 0 saturated carbocycles. The average molecular weight is 249 g/mol. The minimum atomic E-state index is 0.532. The SMILES string of the molecule is CC1NCCCC1CNc1ccnn1C1CNC1.